The molecule has 3 aromatic heterocycles. The average Bonchev–Trinajstić information content (AvgIpc) is 3.42. The monoisotopic (exact) mass is 418 g/mol. The van der Waals surface area contributed by atoms with Crippen molar-refractivity contribution in [2.45, 2.75) is 6.92 Å². The van der Waals surface area contributed by atoms with Crippen LogP contribution in [0.3, 0.4) is 0 Å². The van der Waals surface area contributed by atoms with E-state index in [2.05, 4.69) is 15.4 Å². The zero-order valence-electron chi connectivity index (χ0n) is 17.2. The van der Waals surface area contributed by atoms with E-state index in [4.69, 9.17) is 13.9 Å². The predicted octanol–water partition coefficient (Wildman–Crippen LogP) is 4.11. The molecule has 0 fully saturated rings. The van der Waals surface area contributed by atoms with Gasteiger partial charge >= 0.3 is 0 Å². The van der Waals surface area contributed by atoms with Gasteiger partial charge < -0.3 is 19.2 Å². The Bertz CT molecular complexity index is 1150. The van der Waals surface area contributed by atoms with Crippen LogP contribution < -0.4 is 10.1 Å². The van der Waals surface area contributed by atoms with E-state index in [0.29, 0.717) is 41.8 Å². The molecule has 4 aromatic rings. The highest BCUT2D eigenvalue weighted by Crippen LogP contribution is 2.26. The number of furan rings is 1. The predicted molar refractivity (Wildman–Crippen MR) is 116 cm³/mol. The van der Waals surface area contributed by atoms with Gasteiger partial charge in [0.1, 0.15) is 18.1 Å². The Labute approximate surface area is 179 Å². The molecule has 8 nitrogen and oxygen atoms in total. The van der Waals surface area contributed by atoms with Gasteiger partial charge in [-0.3, -0.25) is 4.79 Å². The van der Waals surface area contributed by atoms with Crippen molar-refractivity contribution in [2.24, 2.45) is 0 Å². The number of aromatic nitrogens is 3. The molecular weight excluding hydrogens is 396 g/mol. The molecule has 1 amide bonds. The molecule has 1 N–H and O–H groups in total. The highest BCUT2D eigenvalue weighted by Gasteiger charge is 2.21. The minimum atomic E-state index is -0.318. The number of pyridine rings is 1. The lowest BCUT2D eigenvalue weighted by Gasteiger charge is -2.07. The lowest BCUT2D eigenvalue weighted by Crippen LogP contribution is -2.12. The van der Waals surface area contributed by atoms with Crippen molar-refractivity contribution in [3.8, 4) is 23.0 Å². The van der Waals surface area contributed by atoms with E-state index in [1.54, 1.807) is 42.4 Å². The fraction of sp³-hybridized carbons (Fsp3) is 0.174. The van der Waals surface area contributed by atoms with Crippen molar-refractivity contribution in [1.29, 1.82) is 0 Å². The third-order valence-electron chi connectivity index (χ3n) is 4.48. The van der Waals surface area contributed by atoms with Crippen molar-refractivity contribution >= 4 is 11.6 Å². The van der Waals surface area contributed by atoms with Gasteiger partial charge in [0, 0.05) is 19.4 Å². The van der Waals surface area contributed by atoms with Crippen LogP contribution in [0.4, 0.5) is 5.69 Å². The molecule has 0 radical (unpaired) electrons. The minimum absolute atomic E-state index is 0.318. The molecule has 3 heterocycles. The van der Waals surface area contributed by atoms with Crippen LogP contribution in [0, 0.1) is 6.92 Å². The standard InChI is InChI=1S/C23H22N4O4/c1-16-8-10-20(31-16)22-19(15-27(26-22)18-6-4-3-5-7-18)23(28)25-17-9-11-21(24-14-17)30-13-12-29-2/h3-11,14-15H,12-13H2,1-2H3,(H,25,28). The zero-order valence-corrected chi connectivity index (χ0v) is 17.2. The maximum absolute atomic E-state index is 13.1. The first-order valence-electron chi connectivity index (χ1n) is 9.75. The molecule has 0 aliphatic carbocycles. The van der Waals surface area contributed by atoms with Gasteiger partial charge in [-0.25, -0.2) is 9.67 Å². The van der Waals surface area contributed by atoms with E-state index < -0.39 is 0 Å². The highest BCUT2D eigenvalue weighted by atomic mass is 16.5. The summed E-state index contributed by atoms with van der Waals surface area (Å²) in [5.41, 5.74) is 2.23. The number of aryl methyl sites for hydroxylation is 1. The van der Waals surface area contributed by atoms with E-state index in [1.165, 1.54) is 0 Å². The summed E-state index contributed by atoms with van der Waals surface area (Å²) < 4.78 is 17.8. The lowest BCUT2D eigenvalue weighted by molar-refractivity contribution is 0.102. The Balaban J connectivity index is 1.58. The molecule has 31 heavy (non-hydrogen) atoms. The molecule has 0 saturated carbocycles. The summed E-state index contributed by atoms with van der Waals surface area (Å²) in [6.07, 6.45) is 3.23. The van der Waals surface area contributed by atoms with Gasteiger partial charge in [-0.2, -0.15) is 5.10 Å². The van der Waals surface area contributed by atoms with Crippen molar-refractivity contribution < 1.29 is 18.7 Å². The number of methoxy groups -OCH3 is 1. The molecule has 158 valence electrons. The Hall–Kier alpha value is -3.91. The van der Waals surface area contributed by atoms with E-state index >= 15 is 0 Å². The number of carbonyl (C=O) groups is 1. The van der Waals surface area contributed by atoms with E-state index in [-0.39, 0.29) is 5.91 Å². The summed E-state index contributed by atoms with van der Waals surface area (Å²) >= 11 is 0. The lowest BCUT2D eigenvalue weighted by atomic mass is 10.2. The number of para-hydroxylation sites is 1. The number of hydrogen-bond donors (Lipinski definition) is 1. The second-order valence-corrected chi connectivity index (χ2v) is 6.76. The molecule has 8 heteroatoms. The Kier molecular flexibility index (Phi) is 6.09. The Morgan fingerprint density at radius 1 is 1.10 bits per heavy atom. The van der Waals surface area contributed by atoms with Crippen LogP contribution in [-0.4, -0.2) is 41.0 Å². The number of hydrogen-bond acceptors (Lipinski definition) is 6. The molecule has 0 atom stereocenters. The number of anilines is 1. The van der Waals surface area contributed by atoms with E-state index in [1.807, 2.05) is 43.3 Å². The Morgan fingerprint density at radius 3 is 2.61 bits per heavy atom. The van der Waals surface area contributed by atoms with Crippen molar-refractivity contribution in [1.82, 2.24) is 14.8 Å². The topological polar surface area (TPSA) is 91.4 Å². The molecular formula is C23H22N4O4. The van der Waals surface area contributed by atoms with Gasteiger partial charge in [0.05, 0.1) is 29.7 Å². The Morgan fingerprint density at radius 2 is 1.94 bits per heavy atom. The van der Waals surface area contributed by atoms with E-state index in [9.17, 15) is 4.79 Å². The summed E-state index contributed by atoms with van der Waals surface area (Å²) in [6, 6.07) is 16.6. The SMILES string of the molecule is COCCOc1ccc(NC(=O)c2cn(-c3ccccc3)nc2-c2ccc(C)o2)cn1. The van der Waals surface area contributed by atoms with Crippen LogP contribution in [-0.2, 0) is 4.74 Å². The number of ether oxygens (including phenoxy) is 2. The van der Waals surface area contributed by atoms with Crippen LogP contribution >= 0.6 is 0 Å². The second kappa shape index (κ2) is 9.27. The molecule has 0 spiro atoms. The second-order valence-electron chi connectivity index (χ2n) is 6.76. The van der Waals surface area contributed by atoms with Crippen LogP contribution in [0.15, 0.2) is 71.4 Å². The molecule has 0 aliphatic rings. The van der Waals surface area contributed by atoms with Crippen molar-refractivity contribution in [2.75, 3.05) is 25.6 Å². The largest absolute Gasteiger partial charge is 0.475 e. The van der Waals surface area contributed by atoms with Crippen molar-refractivity contribution in [3.05, 3.63) is 78.3 Å². The summed E-state index contributed by atoms with van der Waals surface area (Å²) in [5, 5.41) is 7.46. The highest BCUT2D eigenvalue weighted by molar-refractivity contribution is 6.07. The molecule has 4 rings (SSSR count). The molecule has 0 aliphatic heterocycles. The summed E-state index contributed by atoms with van der Waals surface area (Å²) in [6.45, 7) is 2.72. The van der Waals surface area contributed by atoms with Gasteiger partial charge in [-0.05, 0) is 37.3 Å². The fourth-order valence-electron chi connectivity index (χ4n) is 2.96. The number of carbonyl (C=O) groups excluding carboxylic acids is 1. The van der Waals surface area contributed by atoms with Crippen LogP contribution in [0.2, 0.25) is 0 Å². The molecule has 1 aromatic carbocycles. The number of rotatable bonds is 8. The molecule has 0 bridgehead atoms. The van der Waals surface area contributed by atoms with Crippen LogP contribution in [0.25, 0.3) is 17.1 Å². The molecule has 0 unspecified atom stereocenters. The van der Waals surface area contributed by atoms with Gasteiger partial charge in [-0.15, -0.1) is 0 Å². The number of nitrogens with zero attached hydrogens (tertiary/aromatic N) is 3. The van der Waals surface area contributed by atoms with Crippen LogP contribution in [0.1, 0.15) is 16.1 Å². The summed E-state index contributed by atoms with van der Waals surface area (Å²) in [4.78, 5) is 17.3. The van der Waals surface area contributed by atoms with Gasteiger partial charge in [0.25, 0.3) is 5.91 Å². The quantitative estimate of drug-likeness (QED) is 0.433. The molecule has 0 saturated heterocycles. The smallest absolute Gasteiger partial charge is 0.259 e. The normalized spacial score (nSPS) is 10.8. The van der Waals surface area contributed by atoms with Gasteiger partial charge in [-0.1, -0.05) is 18.2 Å². The third-order valence-corrected chi connectivity index (χ3v) is 4.48. The number of nitrogens with one attached hydrogen (secondary N) is 1. The number of amides is 1. The summed E-state index contributed by atoms with van der Waals surface area (Å²) in [5.74, 6) is 1.40. The average molecular weight is 418 g/mol. The van der Waals surface area contributed by atoms with E-state index in [0.717, 1.165) is 11.4 Å². The van der Waals surface area contributed by atoms with Gasteiger partial charge in [0.15, 0.2) is 5.76 Å². The first kappa shape index (κ1) is 20.4. The fourth-order valence-corrected chi connectivity index (χ4v) is 2.96. The van der Waals surface area contributed by atoms with Crippen molar-refractivity contribution in [3.63, 3.8) is 0 Å². The maximum atomic E-state index is 13.1. The zero-order chi connectivity index (χ0) is 21.6. The first-order chi connectivity index (χ1) is 15.1. The minimum Gasteiger partial charge on any atom is -0.475 e. The first-order valence-corrected chi connectivity index (χ1v) is 9.75. The van der Waals surface area contributed by atoms with Crippen LogP contribution in [0.5, 0.6) is 5.88 Å². The third kappa shape index (κ3) is 4.81. The summed E-state index contributed by atoms with van der Waals surface area (Å²) in [7, 11) is 1.60. The van der Waals surface area contributed by atoms with Gasteiger partial charge in [0.2, 0.25) is 5.88 Å². The number of benzene rings is 1. The maximum Gasteiger partial charge on any atom is 0.259 e.